The Morgan fingerprint density at radius 1 is 0.600 bits per heavy atom. The van der Waals surface area contributed by atoms with Gasteiger partial charge in [-0.1, -0.05) is 171 Å². The molecule has 6 atom stereocenters. The Kier molecular flexibility index (Phi) is 25.8. The fraction of sp³-hybridized carbons (Fsp3) is 0.957. The maximum absolute atomic E-state index is 12.7. The minimum absolute atomic E-state index is 0.00904. The molecule has 0 amide bonds. The van der Waals surface area contributed by atoms with Gasteiger partial charge in [-0.2, -0.15) is 0 Å². The highest BCUT2D eigenvalue weighted by Gasteiger charge is 2.56. The number of unbranched alkanes of at least 4 members (excludes halogenated alkanes) is 14. The molecule has 60 heavy (non-hydrogen) atoms. The molecule has 0 aromatic rings. The van der Waals surface area contributed by atoms with Crippen LogP contribution in [0.1, 0.15) is 179 Å². The molecule has 1 aliphatic heterocycles. The van der Waals surface area contributed by atoms with Crippen LogP contribution in [0.2, 0.25) is 54.4 Å². The lowest BCUT2D eigenvalue weighted by Gasteiger charge is -2.54. The standard InChI is InChI=1S/C47H96O9SSi3/c1-18-19-20-21-22-23-24-25-26-27-28-29-30-31-32-33-40(50)51-34-38(49)35-52-44-43(56-60(16,17)47(9,10)11)42(55-59(14,15)46(6,7)8)41(39(53-44)36-57-37(2)48)54-58(12,13)45(3,4)5/h38-39,41-44,49H,18-36H2,1-17H3. The van der Waals surface area contributed by atoms with E-state index in [4.69, 9.17) is 27.5 Å². The quantitative estimate of drug-likeness (QED) is 0.0442. The Hall–Kier alpha value is -0.0994. The maximum atomic E-state index is 12.7. The van der Waals surface area contributed by atoms with Crippen LogP contribution in [-0.4, -0.2) is 96.9 Å². The summed E-state index contributed by atoms with van der Waals surface area (Å²) in [5.74, 6) is 0.0598. The fourth-order valence-corrected chi connectivity index (χ4v) is 11.0. The number of carbonyl (C=O) groups is 2. The smallest absolute Gasteiger partial charge is 0.305 e. The maximum Gasteiger partial charge on any atom is 0.305 e. The predicted octanol–water partition coefficient (Wildman–Crippen LogP) is 13.3. The van der Waals surface area contributed by atoms with Crippen molar-refractivity contribution in [1.29, 1.82) is 0 Å². The molecule has 6 unspecified atom stereocenters. The van der Waals surface area contributed by atoms with Gasteiger partial charge in [0.05, 0.1) is 18.8 Å². The Morgan fingerprint density at radius 2 is 0.983 bits per heavy atom. The molecule has 9 nitrogen and oxygen atoms in total. The molecule has 0 radical (unpaired) electrons. The first-order valence-corrected chi connectivity index (χ1v) is 33.5. The molecule has 1 heterocycles. The zero-order chi connectivity index (χ0) is 46.0. The Bertz CT molecular complexity index is 1210. The molecule has 13 heteroatoms. The predicted molar refractivity (Wildman–Crippen MR) is 260 cm³/mol. The van der Waals surface area contributed by atoms with Crippen molar-refractivity contribution in [2.75, 3.05) is 19.0 Å². The normalized spacial score (nSPS) is 21.6. The van der Waals surface area contributed by atoms with Crippen molar-refractivity contribution >= 4 is 47.8 Å². The van der Waals surface area contributed by atoms with Crippen LogP contribution in [0.3, 0.4) is 0 Å². The third-order valence-corrected chi connectivity index (χ3v) is 27.9. The minimum Gasteiger partial charge on any atom is -0.463 e. The van der Waals surface area contributed by atoms with E-state index in [1.54, 1.807) is 6.92 Å². The van der Waals surface area contributed by atoms with Crippen LogP contribution >= 0.6 is 11.8 Å². The van der Waals surface area contributed by atoms with Crippen LogP contribution in [0.15, 0.2) is 0 Å². The molecule has 356 valence electrons. The molecule has 1 aliphatic rings. The second-order valence-electron chi connectivity index (χ2n) is 22.2. The van der Waals surface area contributed by atoms with Crippen molar-refractivity contribution in [3.05, 3.63) is 0 Å². The molecule has 0 aliphatic carbocycles. The van der Waals surface area contributed by atoms with Gasteiger partial charge in [-0.05, 0) is 60.8 Å². The average molecular weight is 922 g/mol. The summed E-state index contributed by atoms with van der Waals surface area (Å²) in [4.78, 5) is 25.1. The summed E-state index contributed by atoms with van der Waals surface area (Å²) in [6.45, 7) is 36.8. The molecule has 0 aromatic carbocycles. The highest BCUT2D eigenvalue weighted by Crippen LogP contribution is 2.46. The summed E-state index contributed by atoms with van der Waals surface area (Å²) in [5, 5.41) is 10.8. The summed E-state index contributed by atoms with van der Waals surface area (Å²) in [6.07, 6.45) is 15.1. The average Bonchev–Trinajstić information content (AvgIpc) is 3.11. The summed E-state index contributed by atoms with van der Waals surface area (Å²) in [6, 6.07) is 0. The Morgan fingerprint density at radius 3 is 1.38 bits per heavy atom. The summed E-state index contributed by atoms with van der Waals surface area (Å²) in [7, 11) is -7.31. The van der Waals surface area contributed by atoms with Crippen molar-refractivity contribution in [1.82, 2.24) is 0 Å². The van der Waals surface area contributed by atoms with E-state index < -0.39 is 61.8 Å². The van der Waals surface area contributed by atoms with Crippen molar-refractivity contribution in [3.8, 4) is 0 Å². The van der Waals surface area contributed by atoms with Crippen LogP contribution in [0.25, 0.3) is 0 Å². The first-order chi connectivity index (χ1) is 27.6. The zero-order valence-electron chi connectivity index (χ0n) is 42.0. The van der Waals surface area contributed by atoms with E-state index >= 15 is 0 Å². The molecule has 0 saturated carbocycles. The first kappa shape index (κ1) is 57.9. The molecule has 0 bridgehead atoms. The third kappa shape index (κ3) is 21.3. The monoisotopic (exact) mass is 921 g/mol. The van der Waals surface area contributed by atoms with Crippen molar-refractivity contribution in [2.45, 2.75) is 270 Å². The molecule has 1 fully saturated rings. The molecular formula is C47H96O9SSi3. The number of thioether (sulfide) groups is 1. The van der Waals surface area contributed by atoms with Gasteiger partial charge in [0.25, 0.3) is 0 Å². The van der Waals surface area contributed by atoms with Gasteiger partial charge in [-0.25, -0.2) is 0 Å². The number of esters is 1. The Balaban J connectivity index is 3.03. The van der Waals surface area contributed by atoms with Gasteiger partial charge >= 0.3 is 5.97 Å². The SMILES string of the molecule is CCCCCCCCCCCCCCCCCC(=O)OCC(O)COC1OC(CSC(C)=O)C(O[Si](C)(C)C(C)(C)C)C(O[Si](C)(C)C(C)(C)C)C1O[Si](C)(C)C(C)(C)C. The second kappa shape index (κ2) is 26.8. The van der Waals surface area contributed by atoms with Gasteiger partial charge in [0, 0.05) is 19.1 Å². The zero-order valence-corrected chi connectivity index (χ0v) is 45.8. The van der Waals surface area contributed by atoms with E-state index in [1.807, 2.05) is 0 Å². The van der Waals surface area contributed by atoms with Crippen molar-refractivity contribution in [3.63, 3.8) is 0 Å². The van der Waals surface area contributed by atoms with Crippen LogP contribution in [0, 0.1) is 0 Å². The Labute approximate surface area is 377 Å². The van der Waals surface area contributed by atoms with E-state index in [1.165, 1.54) is 88.8 Å². The third-order valence-electron chi connectivity index (χ3n) is 13.6. The van der Waals surface area contributed by atoms with Crippen molar-refractivity contribution in [2.24, 2.45) is 0 Å². The fourth-order valence-electron chi connectivity index (χ4n) is 6.45. The topological polar surface area (TPSA) is 110 Å². The lowest BCUT2D eigenvalue weighted by molar-refractivity contribution is -0.287. The molecule has 0 aromatic heterocycles. The summed E-state index contributed by atoms with van der Waals surface area (Å²) >= 11 is 1.21. The van der Waals surface area contributed by atoms with E-state index in [0.717, 1.165) is 19.3 Å². The van der Waals surface area contributed by atoms with Gasteiger partial charge in [0.2, 0.25) is 0 Å². The number of hydrogen-bond acceptors (Lipinski definition) is 10. The number of aliphatic hydroxyl groups excluding tert-OH is 1. The van der Waals surface area contributed by atoms with Gasteiger partial charge in [0.1, 0.15) is 24.9 Å². The van der Waals surface area contributed by atoms with E-state index in [0.29, 0.717) is 12.2 Å². The lowest BCUT2D eigenvalue weighted by Crippen LogP contribution is -2.68. The molecular weight excluding hydrogens is 825 g/mol. The van der Waals surface area contributed by atoms with E-state index in [-0.39, 0.29) is 39.4 Å². The van der Waals surface area contributed by atoms with Gasteiger partial charge in [0.15, 0.2) is 36.4 Å². The largest absolute Gasteiger partial charge is 0.463 e. The van der Waals surface area contributed by atoms with Crippen LogP contribution in [0.5, 0.6) is 0 Å². The number of carbonyl (C=O) groups excluding carboxylic acids is 2. The number of hydrogen-bond donors (Lipinski definition) is 1. The second-order valence-corrected chi connectivity index (χ2v) is 37.7. The highest BCUT2D eigenvalue weighted by molar-refractivity contribution is 8.13. The van der Waals surface area contributed by atoms with Gasteiger partial charge < -0.3 is 32.6 Å². The molecule has 1 N–H and O–H groups in total. The van der Waals surface area contributed by atoms with E-state index in [9.17, 15) is 14.7 Å². The van der Waals surface area contributed by atoms with Crippen molar-refractivity contribution < 1.29 is 42.2 Å². The number of rotatable bonds is 29. The first-order valence-electron chi connectivity index (χ1n) is 23.8. The molecule has 0 spiro atoms. The van der Waals surface area contributed by atoms with Gasteiger partial charge in [-0.3, -0.25) is 9.59 Å². The molecule has 1 rings (SSSR count). The number of ether oxygens (including phenoxy) is 3. The van der Waals surface area contributed by atoms with Crippen LogP contribution in [0.4, 0.5) is 0 Å². The summed E-state index contributed by atoms with van der Waals surface area (Å²) in [5.41, 5.74) is 0. The summed E-state index contributed by atoms with van der Waals surface area (Å²) < 4.78 is 40.8. The van der Waals surface area contributed by atoms with Crippen LogP contribution < -0.4 is 0 Å². The lowest BCUT2D eigenvalue weighted by atomic mass is 10.00. The highest BCUT2D eigenvalue weighted by atomic mass is 32.2. The minimum atomic E-state index is -2.46. The van der Waals surface area contributed by atoms with Gasteiger partial charge in [-0.15, -0.1) is 0 Å². The van der Waals surface area contributed by atoms with Crippen LogP contribution in [-0.2, 0) is 37.1 Å². The number of aliphatic hydroxyl groups is 1. The molecule has 1 saturated heterocycles. The van der Waals surface area contributed by atoms with E-state index in [2.05, 4.69) is 109 Å².